The molecule has 0 saturated carbocycles. The molecule has 0 aromatic heterocycles. The van der Waals surface area contributed by atoms with E-state index in [0.29, 0.717) is 11.1 Å². The Morgan fingerprint density at radius 3 is 1.26 bits per heavy atom. The van der Waals surface area contributed by atoms with Gasteiger partial charge in [0.1, 0.15) is 17.1 Å². The molecule has 2 aliphatic heterocycles. The zero-order valence-corrected chi connectivity index (χ0v) is 22.6. The van der Waals surface area contributed by atoms with E-state index in [4.69, 9.17) is 11.5 Å². The number of nitrogens with one attached hydrogen (secondary N) is 1. The summed E-state index contributed by atoms with van der Waals surface area (Å²) in [6, 6.07) is 34.3. The minimum absolute atomic E-state index is 0.202. The maximum absolute atomic E-state index is 14.7. The molecule has 5 N–H and O–H groups in total. The summed E-state index contributed by atoms with van der Waals surface area (Å²) in [7, 11) is 0. The molecule has 2 heterocycles. The van der Waals surface area contributed by atoms with Crippen molar-refractivity contribution in [1.29, 1.82) is 0 Å². The quantitative estimate of drug-likeness (QED) is 0.289. The van der Waals surface area contributed by atoms with Crippen LogP contribution in [0, 0.1) is 17.3 Å². The maximum atomic E-state index is 14.7. The molecule has 0 radical (unpaired) electrons. The molecule has 8 heteroatoms. The third kappa shape index (κ3) is 4.42. The van der Waals surface area contributed by atoms with Crippen LogP contribution in [0.3, 0.4) is 0 Å². The summed E-state index contributed by atoms with van der Waals surface area (Å²) in [4.78, 5) is 50.2. The first-order valence-electron chi connectivity index (χ1n) is 13.7. The van der Waals surface area contributed by atoms with E-state index in [1.807, 2.05) is 72.8 Å². The lowest BCUT2D eigenvalue weighted by Gasteiger charge is -2.54. The molecule has 6 rings (SSSR count). The van der Waals surface area contributed by atoms with Gasteiger partial charge in [0.25, 0.3) is 0 Å². The monoisotopic (exact) mass is 555 g/mol. The van der Waals surface area contributed by atoms with Crippen LogP contribution >= 0.6 is 0 Å². The molecule has 0 aliphatic carbocycles. The molecule has 8 nitrogen and oxygen atoms in total. The number of benzene rings is 4. The molecule has 208 valence electrons. The summed E-state index contributed by atoms with van der Waals surface area (Å²) in [5, 5.41) is 3.66. The van der Waals surface area contributed by atoms with Gasteiger partial charge in [0.05, 0.1) is 11.8 Å². The van der Waals surface area contributed by atoms with Crippen molar-refractivity contribution in [2.24, 2.45) is 38.7 Å². The minimum Gasteiger partial charge on any atom is -0.386 e. The van der Waals surface area contributed by atoms with E-state index in [9.17, 15) is 14.4 Å². The number of hydrogen-bond acceptors (Lipinski definition) is 6. The minimum atomic E-state index is -1.74. The van der Waals surface area contributed by atoms with Gasteiger partial charge in [-0.2, -0.15) is 9.98 Å². The van der Waals surface area contributed by atoms with Crippen molar-refractivity contribution in [3.63, 3.8) is 0 Å². The highest BCUT2D eigenvalue weighted by atomic mass is 16.2. The summed E-state index contributed by atoms with van der Waals surface area (Å²) >= 11 is 0. The number of carbonyl (C=O) groups excluding carboxylic acids is 3. The molecular weight excluding hydrogens is 526 g/mol. The van der Waals surface area contributed by atoms with Crippen LogP contribution in [0.1, 0.15) is 43.9 Å². The van der Waals surface area contributed by atoms with Crippen molar-refractivity contribution in [2.75, 3.05) is 0 Å². The maximum Gasteiger partial charge on any atom is 0.370 e. The first-order valence-corrected chi connectivity index (χ1v) is 13.7. The number of rotatable bonds is 6. The van der Waals surface area contributed by atoms with Gasteiger partial charge >= 0.3 is 6.03 Å². The summed E-state index contributed by atoms with van der Waals surface area (Å²) in [5.74, 6) is -3.18. The van der Waals surface area contributed by atoms with Crippen LogP contribution in [0.15, 0.2) is 131 Å². The van der Waals surface area contributed by atoms with Gasteiger partial charge in [-0.15, -0.1) is 0 Å². The van der Waals surface area contributed by atoms with Gasteiger partial charge in [0.15, 0.2) is 11.6 Å². The normalized spacial score (nSPS) is 23.1. The average Bonchev–Trinajstić information content (AvgIpc) is 3.04. The van der Waals surface area contributed by atoms with E-state index >= 15 is 0 Å². The van der Waals surface area contributed by atoms with Crippen molar-refractivity contribution >= 4 is 29.3 Å². The number of ketones is 2. The van der Waals surface area contributed by atoms with Crippen LogP contribution in [-0.4, -0.2) is 29.3 Å². The molecule has 2 amide bonds. The molecule has 4 aromatic carbocycles. The van der Waals surface area contributed by atoms with Crippen LogP contribution < -0.4 is 16.8 Å². The average molecular weight is 556 g/mol. The lowest BCUT2D eigenvalue weighted by molar-refractivity contribution is 0.0461. The van der Waals surface area contributed by atoms with Crippen molar-refractivity contribution in [3.8, 4) is 0 Å². The Morgan fingerprint density at radius 1 is 0.571 bits per heavy atom. The van der Waals surface area contributed by atoms with Gasteiger partial charge in [-0.05, 0) is 11.1 Å². The van der Waals surface area contributed by atoms with E-state index in [1.54, 1.807) is 48.5 Å². The lowest BCUT2D eigenvalue weighted by atomic mass is 9.52. The van der Waals surface area contributed by atoms with Crippen molar-refractivity contribution in [2.45, 2.75) is 12.1 Å². The second-order valence-electron chi connectivity index (χ2n) is 10.5. The predicted molar refractivity (Wildman–Crippen MR) is 161 cm³/mol. The lowest BCUT2D eigenvalue weighted by Crippen LogP contribution is -2.69. The van der Waals surface area contributed by atoms with Crippen molar-refractivity contribution in [3.05, 3.63) is 144 Å². The van der Waals surface area contributed by atoms with Crippen molar-refractivity contribution < 1.29 is 14.4 Å². The fourth-order valence-electron chi connectivity index (χ4n) is 6.47. The van der Waals surface area contributed by atoms with Crippen LogP contribution in [0.4, 0.5) is 4.79 Å². The van der Waals surface area contributed by atoms with E-state index < -0.39 is 35.4 Å². The third-order valence-electron chi connectivity index (χ3n) is 8.29. The molecule has 42 heavy (non-hydrogen) atoms. The summed E-state index contributed by atoms with van der Waals surface area (Å²) in [5.41, 5.74) is 14.2. The number of nitrogens with two attached hydrogens (primary N) is 2. The second-order valence-corrected chi connectivity index (χ2v) is 10.5. The van der Waals surface area contributed by atoms with E-state index in [2.05, 4.69) is 15.3 Å². The fraction of sp³-hybridized carbons (Fsp3) is 0.147. The molecule has 0 unspecified atom stereocenters. The number of amides is 2. The topological polar surface area (TPSA) is 140 Å². The highest BCUT2D eigenvalue weighted by molar-refractivity contribution is 6.24. The molecule has 0 bridgehead atoms. The molecule has 1 saturated heterocycles. The van der Waals surface area contributed by atoms with Gasteiger partial charge < -0.3 is 16.8 Å². The Kier molecular flexibility index (Phi) is 7.06. The predicted octanol–water partition coefficient (Wildman–Crippen LogP) is 4.90. The molecule has 4 aromatic rings. The molecule has 4 atom stereocenters. The number of nitrogens with zero attached hydrogens (tertiary/aromatic N) is 2. The van der Waals surface area contributed by atoms with Gasteiger partial charge in [-0.1, -0.05) is 121 Å². The zero-order valence-electron chi connectivity index (χ0n) is 22.6. The van der Waals surface area contributed by atoms with Gasteiger partial charge in [0, 0.05) is 23.2 Å². The molecule has 1 spiro atoms. The second kappa shape index (κ2) is 11.0. The van der Waals surface area contributed by atoms with Gasteiger partial charge in [-0.25, -0.2) is 4.79 Å². The van der Waals surface area contributed by atoms with E-state index in [-0.39, 0.29) is 23.2 Å². The number of piperidine rings is 1. The Morgan fingerprint density at radius 2 is 0.905 bits per heavy atom. The number of amidine groups is 2. The summed E-state index contributed by atoms with van der Waals surface area (Å²) < 4.78 is 0. The zero-order chi connectivity index (χ0) is 29.3. The largest absolute Gasteiger partial charge is 0.386 e. The number of carbonyl (C=O) groups is 3. The van der Waals surface area contributed by atoms with Crippen LogP contribution in [0.25, 0.3) is 0 Å². The molecule has 1 fully saturated rings. The highest BCUT2D eigenvalue weighted by Crippen LogP contribution is 2.55. The number of aliphatic imine (C=N–C) groups is 2. The Labute approximate surface area is 243 Å². The SMILES string of the molecule is NC1=NC(=O)N=C(N)C12[C@H](C(=O)c1ccccc1)[C@@H](c1ccccc1)N[C@@H](c1ccccc1)[C@@H]2C(=O)c1ccccc1. The van der Waals surface area contributed by atoms with E-state index in [1.165, 1.54) is 0 Å². The van der Waals surface area contributed by atoms with Crippen LogP contribution in [0.5, 0.6) is 0 Å². The smallest absolute Gasteiger partial charge is 0.370 e. The summed E-state index contributed by atoms with van der Waals surface area (Å²) in [6.45, 7) is 0. The van der Waals surface area contributed by atoms with Crippen LogP contribution in [0.2, 0.25) is 0 Å². The Bertz CT molecular complexity index is 1560. The first-order chi connectivity index (χ1) is 20.4. The van der Waals surface area contributed by atoms with Crippen LogP contribution in [-0.2, 0) is 0 Å². The standard InChI is InChI=1S/C34H29N5O3/c35-31-34(32(36)39-33(42)38-31)25(29(40)23-17-9-3-10-18-23)27(21-13-5-1-6-14-21)37-28(22-15-7-2-8-16-22)26(34)30(41)24-19-11-4-12-20-24/h1-20,25-28,37H,(H4,35,36,38,39,42)/t25-,26+,27+,28-. The fourth-order valence-corrected chi connectivity index (χ4v) is 6.47. The highest BCUT2D eigenvalue weighted by Gasteiger charge is 2.66. The summed E-state index contributed by atoms with van der Waals surface area (Å²) in [6.07, 6.45) is 0. The molecular formula is C34H29N5O3. The number of urea groups is 1. The van der Waals surface area contributed by atoms with Gasteiger partial charge in [-0.3, -0.25) is 9.59 Å². The van der Waals surface area contributed by atoms with Gasteiger partial charge in [0.2, 0.25) is 0 Å². The first kappa shape index (κ1) is 27.0. The number of hydrogen-bond donors (Lipinski definition) is 3. The third-order valence-corrected chi connectivity index (χ3v) is 8.29. The van der Waals surface area contributed by atoms with Crippen molar-refractivity contribution in [1.82, 2.24) is 5.32 Å². The molecule has 2 aliphatic rings. The number of Topliss-reactive ketones (excluding diaryl/α,β-unsaturated/α-hetero) is 2. The Balaban J connectivity index is 1.69. The van der Waals surface area contributed by atoms with E-state index in [0.717, 1.165) is 11.1 Å². The Hall–Kier alpha value is -5.21.